The molecule has 2 saturated heterocycles. The fourth-order valence-corrected chi connectivity index (χ4v) is 9.17. The Morgan fingerprint density at radius 1 is 0.850 bits per heavy atom. The van der Waals surface area contributed by atoms with Crippen LogP contribution >= 0.6 is 12.6 Å². The van der Waals surface area contributed by atoms with Gasteiger partial charge in [0, 0.05) is 19.3 Å². The molecule has 6 atom stereocenters. The van der Waals surface area contributed by atoms with E-state index in [9.17, 15) is 22.8 Å². The van der Waals surface area contributed by atoms with E-state index in [1.807, 2.05) is 67.3 Å². The van der Waals surface area contributed by atoms with Gasteiger partial charge in [-0.25, -0.2) is 23.2 Å². The van der Waals surface area contributed by atoms with Crippen molar-refractivity contribution in [1.29, 1.82) is 5.41 Å². The molecule has 6 rings (SSSR count). The summed E-state index contributed by atoms with van der Waals surface area (Å²) in [6.07, 6.45) is 5.48. The number of thiol groups is 1. The number of aromatic amines is 2. The molecule has 4 heterocycles. The largest absolute Gasteiger partial charge is 0.453 e. The van der Waals surface area contributed by atoms with Crippen LogP contribution in [0.15, 0.2) is 60.9 Å². The van der Waals surface area contributed by atoms with Crippen LogP contribution in [0.1, 0.15) is 64.3 Å². The lowest BCUT2D eigenvalue weighted by atomic mass is 9.95. The molecule has 2 fully saturated rings. The molecular formula is C42H54N8O8S2. The molecule has 60 heavy (non-hydrogen) atoms. The van der Waals surface area contributed by atoms with Gasteiger partial charge in [-0.2, -0.15) is 17.5 Å². The monoisotopic (exact) mass is 862 g/mol. The van der Waals surface area contributed by atoms with Gasteiger partial charge in [-0.3, -0.25) is 15.0 Å². The van der Waals surface area contributed by atoms with E-state index < -0.39 is 45.1 Å². The highest BCUT2D eigenvalue weighted by atomic mass is 32.2. The van der Waals surface area contributed by atoms with Crippen molar-refractivity contribution in [2.45, 2.75) is 63.9 Å². The lowest BCUT2D eigenvalue weighted by Gasteiger charge is -2.30. The van der Waals surface area contributed by atoms with Crippen molar-refractivity contribution in [2.75, 3.05) is 38.8 Å². The van der Waals surface area contributed by atoms with Crippen molar-refractivity contribution >= 4 is 46.8 Å². The van der Waals surface area contributed by atoms with Crippen LogP contribution in [-0.2, 0) is 33.9 Å². The van der Waals surface area contributed by atoms with Gasteiger partial charge >= 0.3 is 6.09 Å². The highest BCUT2D eigenvalue weighted by Crippen LogP contribution is 2.39. The minimum Gasteiger partial charge on any atom is -0.453 e. The molecule has 16 nitrogen and oxygen atoms in total. The van der Waals surface area contributed by atoms with Crippen molar-refractivity contribution in [3.05, 3.63) is 72.6 Å². The van der Waals surface area contributed by atoms with Gasteiger partial charge in [0.15, 0.2) is 9.84 Å². The predicted octanol–water partition coefficient (Wildman–Crippen LogP) is 5.85. The maximum absolute atomic E-state index is 13.8. The normalized spacial score (nSPS) is 20.4. The number of amides is 3. The summed E-state index contributed by atoms with van der Waals surface area (Å²) < 4.78 is 30.0. The Balaban J connectivity index is 1.15. The summed E-state index contributed by atoms with van der Waals surface area (Å²) in [5.41, 5.74) is 5.32. The first-order valence-corrected chi connectivity index (χ1v) is 22.6. The second-order valence-electron chi connectivity index (χ2n) is 16.2. The molecule has 2 aliphatic heterocycles. The zero-order valence-electron chi connectivity index (χ0n) is 34.6. The van der Waals surface area contributed by atoms with Crippen molar-refractivity contribution in [2.24, 2.45) is 23.7 Å². The number of nitrogens with zero attached hydrogens (tertiary/aromatic N) is 4. The molecule has 4 N–H and O–H groups in total. The quantitative estimate of drug-likeness (QED) is 0.0227. The van der Waals surface area contributed by atoms with E-state index in [2.05, 4.69) is 37.8 Å². The Morgan fingerprint density at radius 3 is 1.83 bits per heavy atom. The third-order valence-electron chi connectivity index (χ3n) is 11.5. The van der Waals surface area contributed by atoms with E-state index in [0.29, 0.717) is 36.0 Å². The Labute approximate surface area is 355 Å². The molecule has 0 saturated carbocycles. The summed E-state index contributed by atoms with van der Waals surface area (Å²) in [7, 11) is -2.26. The highest BCUT2D eigenvalue weighted by molar-refractivity contribution is 7.91. The summed E-state index contributed by atoms with van der Waals surface area (Å²) in [6.45, 7) is 8.11. The van der Waals surface area contributed by atoms with Crippen LogP contribution in [0.2, 0.25) is 0 Å². The number of likely N-dealkylation sites (tertiary alicyclic amines) is 2. The number of imidazole rings is 2. The summed E-state index contributed by atoms with van der Waals surface area (Å²) in [5, 5.41) is 8.87. The number of rotatable bonds is 16. The Morgan fingerprint density at radius 2 is 1.37 bits per heavy atom. The molecule has 322 valence electrons. The smallest absolute Gasteiger partial charge is 0.407 e. The van der Waals surface area contributed by atoms with Crippen LogP contribution in [-0.4, -0.2) is 113 Å². The number of benzene rings is 2. The number of carbonyl (C=O) groups is 3. The maximum Gasteiger partial charge on any atom is 0.407 e. The van der Waals surface area contributed by atoms with E-state index in [4.69, 9.17) is 20.0 Å². The lowest BCUT2D eigenvalue weighted by Crippen LogP contribution is -2.51. The van der Waals surface area contributed by atoms with Crippen molar-refractivity contribution in [3.63, 3.8) is 0 Å². The number of H-pyrrole nitrogens is 2. The molecule has 2 aliphatic rings. The second-order valence-corrected chi connectivity index (χ2v) is 18.9. The molecule has 0 spiro atoms. The minimum absolute atomic E-state index is 0.00375. The first kappa shape index (κ1) is 44.4. The van der Waals surface area contributed by atoms with Crippen molar-refractivity contribution in [3.8, 4) is 33.6 Å². The first-order chi connectivity index (χ1) is 28.6. The van der Waals surface area contributed by atoms with E-state index in [1.165, 1.54) is 18.3 Å². The molecule has 2 aromatic carbocycles. The summed E-state index contributed by atoms with van der Waals surface area (Å²) in [6, 6.07) is 14.3. The second kappa shape index (κ2) is 19.0. The first-order valence-electron chi connectivity index (χ1n) is 20.0. The third kappa shape index (κ3) is 9.87. The zero-order chi connectivity index (χ0) is 43.3. The molecule has 0 aliphatic carbocycles. The summed E-state index contributed by atoms with van der Waals surface area (Å²) in [5.74, 6) is 0.847. The third-order valence-corrected chi connectivity index (χ3v) is 13.6. The van der Waals surface area contributed by atoms with E-state index in [0.717, 1.165) is 34.4 Å². The molecule has 4 aromatic rings. The van der Waals surface area contributed by atoms with Gasteiger partial charge in [0.05, 0.1) is 54.1 Å². The van der Waals surface area contributed by atoms with Crippen LogP contribution < -0.4 is 5.32 Å². The topological polar surface area (TPSA) is 213 Å². The lowest BCUT2D eigenvalue weighted by molar-refractivity contribution is -0.229. The Bertz CT molecular complexity index is 2240. The molecule has 0 radical (unpaired) electrons. The Kier molecular flexibility index (Phi) is 14.1. The summed E-state index contributed by atoms with van der Waals surface area (Å²) >= 11 is 4.54. The SMILES string of the molecule is COC(=O)N[C@H](C(=O)N1C[C@@H](S(C)(=O)=O)C[C@@H]1c1ncc(-c2ccc(-c3ccc(-c4cnc([C@@H]5C[C@H](CS)CN5C(=O)[C@H](COOC=N)C(C)C)[nH]4)cc3)cc2)[nH]1)C(C)C. The number of alkyl carbamates (subject to hydrolysis) is 1. The van der Waals surface area contributed by atoms with Crippen LogP contribution in [0.25, 0.3) is 33.6 Å². The summed E-state index contributed by atoms with van der Waals surface area (Å²) in [4.78, 5) is 68.9. The van der Waals surface area contributed by atoms with E-state index in [1.54, 1.807) is 26.2 Å². The van der Waals surface area contributed by atoms with Gasteiger partial charge in [0.25, 0.3) is 0 Å². The number of hydrogen-bond acceptors (Lipinski definition) is 12. The van der Waals surface area contributed by atoms with Crippen LogP contribution in [0.5, 0.6) is 0 Å². The van der Waals surface area contributed by atoms with Gasteiger partial charge in [0.1, 0.15) is 24.3 Å². The fourth-order valence-electron chi connectivity index (χ4n) is 7.94. The Hall–Kier alpha value is -5.20. The number of hydrogen-bond donors (Lipinski definition) is 5. The van der Waals surface area contributed by atoms with Crippen LogP contribution in [0, 0.1) is 29.1 Å². The number of methoxy groups -OCH3 is 1. The average molecular weight is 863 g/mol. The van der Waals surface area contributed by atoms with Crippen LogP contribution in [0.4, 0.5) is 4.79 Å². The van der Waals surface area contributed by atoms with Crippen molar-refractivity contribution < 1.29 is 37.3 Å². The van der Waals surface area contributed by atoms with E-state index >= 15 is 0 Å². The number of nitrogens with one attached hydrogen (secondary N) is 4. The van der Waals surface area contributed by atoms with Gasteiger partial charge in [-0.15, -0.1) is 0 Å². The molecule has 3 amide bonds. The number of carbonyl (C=O) groups excluding carboxylic acids is 3. The van der Waals surface area contributed by atoms with Gasteiger partial charge in [-0.05, 0) is 58.6 Å². The predicted molar refractivity (Wildman–Crippen MR) is 229 cm³/mol. The van der Waals surface area contributed by atoms with E-state index in [-0.39, 0.29) is 49.3 Å². The molecule has 0 bridgehead atoms. The molecule has 2 aromatic heterocycles. The van der Waals surface area contributed by atoms with Crippen molar-refractivity contribution in [1.82, 2.24) is 35.1 Å². The fraction of sp³-hybridized carbons (Fsp3) is 0.476. The highest BCUT2D eigenvalue weighted by Gasteiger charge is 2.45. The number of ether oxygens (including phenoxy) is 1. The minimum atomic E-state index is -3.48. The van der Waals surface area contributed by atoms with Gasteiger partial charge in [0.2, 0.25) is 18.2 Å². The zero-order valence-corrected chi connectivity index (χ0v) is 36.3. The standard InChI is InChI=1S/C42H54N8O8S2/c1-24(2)32(21-57-58-23-43)40(51)49-19-26(22-59)15-35(49)38-44-17-33(46-38)29-11-7-27(8-12-29)28-9-13-30(14-10-28)34-18-45-39(47-34)36-16-31(60(6,54)55)20-50(36)41(52)37(25(3)4)48-42(53)56-5/h7-14,17-18,23-26,31-32,35-37,43,59H,15-16,19-22H2,1-6H3,(H,44,46)(H,45,47)(H,48,53)/t26-,31-,32+,35-,36+,37-/m0/s1. The molecule has 0 unspecified atom stereocenters. The number of aromatic nitrogens is 4. The average Bonchev–Trinajstić information content (AvgIpc) is 4.06. The van der Waals surface area contributed by atoms with Gasteiger partial charge in [-0.1, -0.05) is 76.2 Å². The van der Waals surface area contributed by atoms with Crippen LogP contribution in [0.3, 0.4) is 0 Å². The van der Waals surface area contributed by atoms with Gasteiger partial charge < -0.3 is 34.7 Å². The maximum atomic E-state index is 13.8. The molecular weight excluding hydrogens is 809 g/mol. The number of sulfone groups is 1. The molecule has 18 heteroatoms.